The summed E-state index contributed by atoms with van der Waals surface area (Å²) in [4.78, 5) is 24.1. The maximum absolute atomic E-state index is 10.6. The van der Waals surface area contributed by atoms with Crippen molar-refractivity contribution in [3.05, 3.63) is 12.0 Å². The molecule has 0 aliphatic carbocycles. The average Bonchev–Trinajstić information content (AvgIpc) is 2.37. The summed E-state index contributed by atoms with van der Waals surface area (Å²) in [6, 6.07) is 0.0326. The van der Waals surface area contributed by atoms with Crippen LogP contribution >= 0.6 is 0 Å². The van der Waals surface area contributed by atoms with Crippen molar-refractivity contribution in [1.29, 1.82) is 0 Å². The van der Waals surface area contributed by atoms with Crippen LogP contribution < -0.4 is 5.32 Å². The Kier molecular flexibility index (Phi) is 2.00. The topological polar surface area (TPSA) is 72.2 Å². The number of nitrogens with one attached hydrogen (secondary N) is 1. The molecule has 1 N–H and O–H groups in total. The summed E-state index contributed by atoms with van der Waals surface area (Å²) in [5.41, 5.74) is 0. The molecule has 5 heteroatoms. The zero-order valence-corrected chi connectivity index (χ0v) is 5.83. The predicted molar refractivity (Wildman–Crippen MR) is 36.2 cm³/mol. The van der Waals surface area contributed by atoms with Gasteiger partial charge in [-0.05, 0) is 0 Å². The maximum Gasteiger partial charge on any atom is 0.301 e. The van der Waals surface area contributed by atoms with Crippen LogP contribution in [-0.2, 0) is 4.79 Å². The summed E-state index contributed by atoms with van der Waals surface area (Å²) >= 11 is 0. The summed E-state index contributed by atoms with van der Waals surface area (Å²) in [6.07, 6.45) is 1.68. The molecule has 1 heterocycles. The van der Waals surface area contributed by atoms with Crippen LogP contribution in [0.2, 0.25) is 0 Å². The molecule has 1 aromatic heterocycles. The first kappa shape index (κ1) is 7.46. The van der Waals surface area contributed by atoms with Gasteiger partial charge in [-0.25, -0.2) is 4.98 Å². The summed E-state index contributed by atoms with van der Waals surface area (Å²) < 4.78 is 4.78. The first-order valence-electron chi connectivity index (χ1n) is 2.91. The van der Waals surface area contributed by atoms with Crippen molar-refractivity contribution >= 4 is 18.2 Å². The van der Waals surface area contributed by atoms with Gasteiger partial charge < -0.3 is 4.42 Å². The number of carbonyl (C=O) groups excluding carboxylic acids is 2. The Morgan fingerprint density at radius 2 is 2.55 bits per heavy atom. The van der Waals surface area contributed by atoms with Gasteiger partial charge >= 0.3 is 6.01 Å². The highest BCUT2D eigenvalue weighted by Gasteiger charge is 2.05. The number of carbonyl (C=O) groups is 2. The van der Waals surface area contributed by atoms with E-state index in [1.54, 1.807) is 0 Å². The van der Waals surface area contributed by atoms with Gasteiger partial charge in [-0.1, -0.05) is 0 Å². The van der Waals surface area contributed by atoms with E-state index in [1.165, 1.54) is 13.1 Å². The molecule has 0 atom stereocenters. The monoisotopic (exact) mass is 154 g/mol. The van der Waals surface area contributed by atoms with Gasteiger partial charge in [0.25, 0.3) is 0 Å². The molecular weight excluding hydrogens is 148 g/mol. The molecular formula is C6H6N2O3. The van der Waals surface area contributed by atoms with E-state index in [4.69, 9.17) is 4.42 Å². The minimum absolute atomic E-state index is 0.0326. The number of rotatable bonds is 3. The van der Waals surface area contributed by atoms with Gasteiger partial charge in [-0.3, -0.25) is 14.9 Å². The highest BCUT2D eigenvalue weighted by Crippen LogP contribution is 2.07. The van der Waals surface area contributed by atoms with E-state index in [-0.39, 0.29) is 17.6 Å². The molecule has 0 aliphatic heterocycles. The first-order valence-corrected chi connectivity index (χ1v) is 2.91. The first-order chi connectivity index (χ1) is 5.24. The Morgan fingerprint density at radius 1 is 1.82 bits per heavy atom. The van der Waals surface area contributed by atoms with Crippen LogP contribution in [0.1, 0.15) is 17.5 Å². The third-order valence-electron chi connectivity index (χ3n) is 1.04. The molecule has 0 fully saturated rings. The van der Waals surface area contributed by atoms with Crippen LogP contribution in [0.4, 0.5) is 6.01 Å². The molecule has 0 unspecified atom stereocenters. The lowest BCUT2D eigenvalue weighted by Crippen LogP contribution is -1.92. The van der Waals surface area contributed by atoms with Gasteiger partial charge in [-0.15, -0.1) is 0 Å². The van der Waals surface area contributed by atoms with E-state index in [0.29, 0.717) is 6.41 Å². The third kappa shape index (κ3) is 1.64. The van der Waals surface area contributed by atoms with Crippen LogP contribution in [-0.4, -0.2) is 17.2 Å². The molecule has 11 heavy (non-hydrogen) atoms. The lowest BCUT2D eigenvalue weighted by Gasteiger charge is -1.86. The van der Waals surface area contributed by atoms with E-state index >= 15 is 0 Å². The summed E-state index contributed by atoms with van der Waals surface area (Å²) in [7, 11) is 0. The van der Waals surface area contributed by atoms with E-state index in [9.17, 15) is 9.59 Å². The summed E-state index contributed by atoms with van der Waals surface area (Å²) in [5.74, 6) is -0.0919. The number of Topliss-reactive ketones (excluding diaryl/α,β-unsaturated/α-hetero) is 1. The number of nitrogens with zero attached hydrogens (tertiary/aromatic N) is 1. The SMILES string of the molecule is CC(=O)c1cnc(NC=O)o1. The second kappa shape index (κ2) is 2.96. The van der Waals surface area contributed by atoms with E-state index in [1.807, 2.05) is 0 Å². The predicted octanol–water partition coefficient (Wildman–Crippen LogP) is 0.445. The van der Waals surface area contributed by atoms with Crippen molar-refractivity contribution < 1.29 is 14.0 Å². The highest BCUT2D eigenvalue weighted by atomic mass is 16.4. The molecule has 0 bridgehead atoms. The van der Waals surface area contributed by atoms with Crippen LogP contribution in [0.5, 0.6) is 0 Å². The quantitative estimate of drug-likeness (QED) is 0.506. The number of aromatic nitrogens is 1. The molecule has 1 amide bonds. The summed E-state index contributed by atoms with van der Waals surface area (Å²) in [6.45, 7) is 1.35. The number of oxazole rings is 1. The van der Waals surface area contributed by atoms with Crippen molar-refractivity contribution in [1.82, 2.24) is 4.98 Å². The average molecular weight is 154 g/mol. The molecule has 0 saturated heterocycles. The zero-order chi connectivity index (χ0) is 8.27. The highest BCUT2D eigenvalue weighted by molar-refractivity contribution is 5.91. The smallest absolute Gasteiger partial charge is 0.301 e. The van der Waals surface area contributed by atoms with Gasteiger partial charge in [0.05, 0.1) is 6.20 Å². The third-order valence-corrected chi connectivity index (χ3v) is 1.04. The standard InChI is InChI=1S/C6H6N2O3/c1-4(10)5-2-7-6(11-5)8-3-9/h2-3H,1H3,(H,7,8,9). The van der Waals surface area contributed by atoms with Crippen molar-refractivity contribution in [2.24, 2.45) is 0 Å². The van der Waals surface area contributed by atoms with Crippen molar-refractivity contribution in [3.8, 4) is 0 Å². The van der Waals surface area contributed by atoms with Crippen LogP contribution in [0.25, 0.3) is 0 Å². The second-order valence-electron chi connectivity index (χ2n) is 1.85. The van der Waals surface area contributed by atoms with Crippen LogP contribution in [0.3, 0.4) is 0 Å². The van der Waals surface area contributed by atoms with Crippen molar-refractivity contribution in [2.75, 3.05) is 5.32 Å². The maximum atomic E-state index is 10.6. The second-order valence-corrected chi connectivity index (χ2v) is 1.85. The number of anilines is 1. The fraction of sp³-hybridized carbons (Fsp3) is 0.167. The zero-order valence-electron chi connectivity index (χ0n) is 5.83. The van der Waals surface area contributed by atoms with Gasteiger partial charge in [0.2, 0.25) is 6.41 Å². The molecule has 1 rings (SSSR count). The van der Waals surface area contributed by atoms with Gasteiger partial charge in [-0.2, -0.15) is 0 Å². The lowest BCUT2D eigenvalue weighted by molar-refractivity contribution is -0.105. The number of amides is 1. The van der Waals surface area contributed by atoms with Crippen LogP contribution in [0.15, 0.2) is 10.6 Å². The number of hydrogen-bond acceptors (Lipinski definition) is 4. The minimum Gasteiger partial charge on any atom is -0.420 e. The molecule has 5 nitrogen and oxygen atoms in total. The normalized spacial score (nSPS) is 9.18. The summed E-state index contributed by atoms with van der Waals surface area (Å²) in [5, 5.41) is 2.17. The van der Waals surface area contributed by atoms with Crippen LogP contribution in [0, 0.1) is 0 Å². The molecule has 0 radical (unpaired) electrons. The van der Waals surface area contributed by atoms with E-state index in [2.05, 4.69) is 10.3 Å². The van der Waals surface area contributed by atoms with E-state index < -0.39 is 0 Å². The minimum atomic E-state index is -0.226. The Morgan fingerprint density at radius 3 is 3.00 bits per heavy atom. The van der Waals surface area contributed by atoms with Crippen molar-refractivity contribution in [2.45, 2.75) is 6.92 Å². The Hall–Kier alpha value is -1.65. The van der Waals surface area contributed by atoms with Gasteiger partial charge in [0.15, 0.2) is 11.5 Å². The Labute approximate surface area is 62.4 Å². The molecule has 0 aromatic carbocycles. The Balaban J connectivity index is 2.81. The fourth-order valence-electron chi connectivity index (χ4n) is 0.554. The Bertz CT molecular complexity index is 279. The fourth-order valence-corrected chi connectivity index (χ4v) is 0.554. The molecule has 0 aliphatic rings. The largest absolute Gasteiger partial charge is 0.420 e. The van der Waals surface area contributed by atoms with Gasteiger partial charge in [0, 0.05) is 6.92 Å². The molecule has 0 spiro atoms. The molecule has 58 valence electrons. The van der Waals surface area contributed by atoms with E-state index in [0.717, 1.165) is 0 Å². The molecule has 0 saturated carbocycles. The molecule has 1 aromatic rings. The van der Waals surface area contributed by atoms with Crippen molar-refractivity contribution in [3.63, 3.8) is 0 Å². The number of hydrogen-bond donors (Lipinski definition) is 1. The number of ketones is 1. The van der Waals surface area contributed by atoms with Gasteiger partial charge in [0.1, 0.15) is 0 Å². The lowest BCUT2D eigenvalue weighted by atomic mass is 10.4.